The molecule has 0 bridgehead atoms. The van der Waals surface area contributed by atoms with Crippen LogP contribution < -0.4 is 9.47 Å². The van der Waals surface area contributed by atoms with Gasteiger partial charge in [0.15, 0.2) is 11.5 Å². The Hall–Kier alpha value is -0.750. The highest BCUT2D eigenvalue weighted by molar-refractivity contribution is 9.11. The molecule has 1 aliphatic rings. The van der Waals surface area contributed by atoms with Crippen LogP contribution in [0.3, 0.4) is 0 Å². The fraction of sp³-hybridized carbons (Fsp3) is 0.462. The van der Waals surface area contributed by atoms with E-state index in [2.05, 4.69) is 31.9 Å². The van der Waals surface area contributed by atoms with Gasteiger partial charge < -0.3 is 14.6 Å². The number of carboxylic acid groups (broad SMARTS) is 1. The lowest BCUT2D eigenvalue weighted by atomic mass is 10.1. The van der Waals surface area contributed by atoms with Gasteiger partial charge in [-0.15, -0.1) is 0 Å². The van der Waals surface area contributed by atoms with E-state index in [-0.39, 0.29) is 11.8 Å². The second kappa shape index (κ2) is 5.71. The Labute approximate surface area is 128 Å². The molecule has 0 heterocycles. The number of benzene rings is 1. The van der Waals surface area contributed by atoms with Crippen molar-refractivity contribution in [1.82, 2.24) is 0 Å². The minimum atomic E-state index is -0.710. The molecule has 0 radical (unpaired) electrons. The van der Waals surface area contributed by atoms with Crippen LogP contribution in [0.4, 0.5) is 0 Å². The molecule has 6 heteroatoms. The summed E-state index contributed by atoms with van der Waals surface area (Å²) < 4.78 is 12.3. The smallest absolute Gasteiger partial charge is 0.306 e. The summed E-state index contributed by atoms with van der Waals surface area (Å²) >= 11 is 7.02. The van der Waals surface area contributed by atoms with Crippen LogP contribution in [0.1, 0.15) is 12.0 Å². The number of halogens is 2. The first-order chi connectivity index (χ1) is 8.99. The summed E-state index contributed by atoms with van der Waals surface area (Å²) in [5.74, 6) is 0.539. The van der Waals surface area contributed by atoms with Crippen molar-refractivity contribution < 1.29 is 19.4 Å². The predicted octanol–water partition coefficient (Wildman–Crippen LogP) is 3.49. The van der Waals surface area contributed by atoms with Crippen molar-refractivity contribution in [3.05, 3.63) is 20.6 Å². The molecule has 1 saturated carbocycles. The van der Waals surface area contributed by atoms with Crippen LogP contribution in [0, 0.1) is 11.8 Å². The maximum Gasteiger partial charge on any atom is 0.306 e. The number of rotatable bonds is 5. The molecular weight excluding hydrogens is 380 g/mol. The Morgan fingerprint density at radius 2 is 2.11 bits per heavy atom. The molecule has 1 N–H and O–H groups in total. The van der Waals surface area contributed by atoms with Gasteiger partial charge in [0, 0.05) is 4.47 Å². The van der Waals surface area contributed by atoms with Gasteiger partial charge in [0.05, 0.1) is 24.6 Å². The number of ether oxygens (including phenoxy) is 2. The minimum absolute atomic E-state index is 0.197. The summed E-state index contributed by atoms with van der Waals surface area (Å²) in [5.41, 5.74) is 1.02. The van der Waals surface area contributed by atoms with Gasteiger partial charge in [0.25, 0.3) is 0 Å². The van der Waals surface area contributed by atoms with Crippen molar-refractivity contribution in [2.24, 2.45) is 11.8 Å². The van der Waals surface area contributed by atoms with E-state index in [4.69, 9.17) is 14.6 Å². The van der Waals surface area contributed by atoms with Crippen molar-refractivity contribution in [3.63, 3.8) is 0 Å². The van der Waals surface area contributed by atoms with Crippen LogP contribution in [0.25, 0.3) is 0 Å². The van der Waals surface area contributed by atoms with Crippen molar-refractivity contribution in [3.8, 4) is 11.5 Å². The maximum absolute atomic E-state index is 10.9. The summed E-state index contributed by atoms with van der Waals surface area (Å²) in [6.07, 6.45) is 1.45. The molecule has 0 aromatic heterocycles. The molecule has 104 valence electrons. The van der Waals surface area contributed by atoms with Crippen LogP contribution >= 0.6 is 31.9 Å². The fourth-order valence-corrected chi connectivity index (χ4v) is 3.75. The number of carbonyl (C=O) groups is 1. The lowest BCUT2D eigenvalue weighted by Gasteiger charge is -2.15. The van der Waals surface area contributed by atoms with Gasteiger partial charge in [-0.2, -0.15) is 0 Å². The normalized spacial score (nSPS) is 21.1. The zero-order chi connectivity index (χ0) is 14.2. The van der Waals surface area contributed by atoms with Crippen LogP contribution in [-0.2, 0) is 11.2 Å². The molecule has 2 atom stereocenters. The van der Waals surface area contributed by atoms with Crippen molar-refractivity contribution in [2.45, 2.75) is 12.8 Å². The monoisotopic (exact) mass is 392 g/mol. The fourth-order valence-electron chi connectivity index (χ4n) is 2.18. The summed E-state index contributed by atoms with van der Waals surface area (Å²) in [6, 6.07) is 1.84. The van der Waals surface area contributed by atoms with Gasteiger partial charge in [0.2, 0.25) is 0 Å². The van der Waals surface area contributed by atoms with Gasteiger partial charge in [-0.3, -0.25) is 4.79 Å². The molecule has 0 spiro atoms. The van der Waals surface area contributed by atoms with Crippen LogP contribution in [0.2, 0.25) is 0 Å². The molecule has 1 aliphatic carbocycles. The highest BCUT2D eigenvalue weighted by Gasteiger charge is 2.43. The summed E-state index contributed by atoms with van der Waals surface area (Å²) in [6.45, 7) is 0. The topological polar surface area (TPSA) is 55.8 Å². The van der Waals surface area contributed by atoms with Gasteiger partial charge >= 0.3 is 5.97 Å². The Kier molecular flexibility index (Phi) is 4.40. The van der Waals surface area contributed by atoms with Gasteiger partial charge in [-0.25, -0.2) is 0 Å². The van der Waals surface area contributed by atoms with Gasteiger partial charge in [0.1, 0.15) is 0 Å². The van der Waals surface area contributed by atoms with Crippen molar-refractivity contribution >= 4 is 37.8 Å². The molecule has 2 rings (SSSR count). The highest BCUT2D eigenvalue weighted by atomic mass is 79.9. The molecule has 1 aromatic carbocycles. The summed E-state index contributed by atoms with van der Waals surface area (Å²) in [4.78, 5) is 10.9. The Balaban J connectivity index is 2.28. The molecule has 0 unspecified atom stereocenters. The lowest BCUT2D eigenvalue weighted by Crippen LogP contribution is -2.03. The third-order valence-corrected chi connectivity index (χ3v) is 4.91. The van der Waals surface area contributed by atoms with Crippen LogP contribution in [0.15, 0.2) is 15.0 Å². The number of hydrogen-bond donors (Lipinski definition) is 1. The first kappa shape index (κ1) is 14.7. The number of hydrogen-bond acceptors (Lipinski definition) is 3. The first-order valence-corrected chi connectivity index (χ1v) is 7.39. The second-order valence-electron chi connectivity index (χ2n) is 4.53. The molecule has 1 fully saturated rings. The maximum atomic E-state index is 10.9. The van der Waals surface area contributed by atoms with Crippen LogP contribution in [0.5, 0.6) is 11.5 Å². The van der Waals surface area contributed by atoms with E-state index in [1.54, 1.807) is 14.2 Å². The highest BCUT2D eigenvalue weighted by Crippen LogP contribution is 2.47. The van der Waals surface area contributed by atoms with Crippen LogP contribution in [-0.4, -0.2) is 25.3 Å². The lowest BCUT2D eigenvalue weighted by molar-refractivity contribution is -0.138. The SMILES string of the molecule is COc1cc(Br)c(C[C@@H]2C[C@@H]2C(=O)O)c(Br)c1OC. The third-order valence-electron chi connectivity index (χ3n) is 3.36. The van der Waals surface area contributed by atoms with Crippen molar-refractivity contribution in [1.29, 1.82) is 0 Å². The largest absolute Gasteiger partial charge is 0.493 e. The molecule has 4 nitrogen and oxygen atoms in total. The third kappa shape index (κ3) is 2.89. The minimum Gasteiger partial charge on any atom is -0.493 e. The Morgan fingerprint density at radius 3 is 2.58 bits per heavy atom. The summed E-state index contributed by atoms with van der Waals surface area (Å²) in [5, 5.41) is 8.96. The Morgan fingerprint density at radius 1 is 1.42 bits per heavy atom. The molecule has 1 aromatic rings. The predicted molar refractivity (Wildman–Crippen MR) is 77.9 cm³/mol. The van der Waals surface area contributed by atoms with E-state index in [9.17, 15) is 4.79 Å². The van der Waals surface area contributed by atoms with E-state index in [1.165, 1.54) is 0 Å². The quantitative estimate of drug-likeness (QED) is 0.831. The average Bonchev–Trinajstić information content (AvgIpc) is 3.13. The number of methoxy groups -OCH3 is 2. The first-order valence-electron chi connectivity index (χ1n) is 5.81. The number of aliphatic carboxylic acids is 1. The molecule has 0 aliphatic heterocycles. The molecule has 0 amide bonds. The molecule has 19 heavy (non-hydrogen) atoms. The van der Waals surface area contributed by atoms with Crippen molar-refractivity contribution in [2.75, 3.05) is 14.2 Å². The van der Waals surface area contributed by atoms with E-state index in [0.29, 0.717) is 17.9 Å². The average molecular weight is 394 g/mol. The van der Waals surface area contributed by atoms with Gasteiger partial charge in [-0.1, -0.05) is 15.9 Å². The van der Waals surface area contributed by atoms with E-state index in [1.807, 2.05) is 6.07 Å². The Bertz CT molecular complexity index is 516. The van der Waals surface area contributed by atoms with Gasteiger partial charge in [-0.05, 0) is 46.3 Å². The zero-order valence-corrected chi connectivity index (χ0v) is 13.7. The molecule has 0 saturated heterocycles. The standard InChI is InChI=1S/C13H14Br2O4/c1-18-10-5-9(14)8(11(15)12(10)19-2)4-6-3-7(6)13(16)17/h5-7H,3-4H2,1-2H3,(H,16,17)/t6-,7-/m0/s1. The zero-order valence-electron chi connectivity index (χ0n) is 10.6. The van der Waals surface area contributed by atoms with E-state index >= 15 is 0 Å². The van der Waals surface area contributed by atoms with E-state index < -0.39 is 5.97 Å². The second-order valence-corrected chi connectivity index (χ2v) is 6.18. The number of carboxylic acids is 1. The van der Waals surface area contributed by atoms with E-state index in [0.717, 1.165) is 20.9 Å². The molecular formula is C13H14Br2O4. The summed E-state index contributed by atoms with van der Waals surface area (Å²) in [7, 11) is 3.16.